The molecule has 0 aromatic heterocycles. The number of carboxylic acid groups (broad SMARTS) is 1. The lowest BCUT2D eigenvalue weighted by molar-refractivity contribution is -0.139. The van der Waals surface area contributed by atoms with E-state index in [0.29, 0.717) is 0 Å². The van der Waals surface area contributed by atoms with Crippen LogP contribution in [-0.4, -0.2) is 70.7 Å². The normalized spacial score (nSPS) is 14.5. The molecular weight excluding hydrogens is 298 g/mol. The summed E-state index contributed by atoms with van der Waals surface area (Å²) in [5.41, 5.74) is 5.32. The molecule has 0 bridgehead atoms. The van der Waals surface area contributed by atoms with Gasteiger partial charge in [0.05, 0.1) is 18.6 Å². The Morgan fingerprint density at radius 2 is 1.73 bits per heavy atom. The Labute approximate surface area is 126 Å². The van der Waals surface area contributed by atoms with Crippen LogP contribution in [0, 0.1) is 0 Å². The number of aliphatic carboxylic acids is 1. The molecular formula is C12H21N3O7. The summed E-state index contributed by atoms with van der Waals surface area (Å²) >= 11 is 0. The quantitative estimate of drug-likeness (QED) is 0.169. The summed E-state index contributed by atoms with van der Waals surface area (Å²) in [6.07, 6.45) is -3.33. The van der Waals surface area contributed by atoms with Crippen molar-refractivity contribution in [2.24, 2.45) is 5.73 Å². The number of nitrogens with one attached hydrogen (secondary N) is 2. The van der Waals surface area contributed by atoms with Gasteiger partial charge in [-0.2, -0.15) is 0 Å². The fraction of sp³-hybridized carbons (Fsp3) is 0.667. The molecule has 0 saturated heterocycles. The highest BCUT2D eigenvalue weighted by Crippen LogP contribution is 2.00. The van der Waals surface area contributed by atoms with Crippen molar-refractivity contribution in [1.29, 1.82) is 0 Å². The predicted molar refractivity (Wildman–Crippen MR) is 73.6 cm³/mol. The Morgan fingerprint density at radius 1 is 1.14 bits per heavy atom. The predicted octanol–water partition coefficient (Wildman–Crippen LogP) is -3.28. The summed E-state index contributed by atoms with van der Waals surface area (Å²) < 4.78 is 0. The minimum Gasteiger partial charge on any atom is -0.481 e. The van der Waals surface area contributed by atoms with E-state index in [1.165, 1.54) is 0 Å². The Kier molecular flexibility index (Phi) is 9.67. The molecule has 0 saturated carbocycles. The van der Waals surface area contributed by atoms with Gasteiger partial charge >= 0.3 is 5.97 Å². The molecule has 0 aliphatic heterocycles. The first-order chi connectivity index (χ1) is 10.3. The number of carbonyl (C=O) groups excluding carboxylic acids is 3. The molecule has 2 amide bonds. The van der Waals surface area contributed by atoms with Crippen LogP contribution in [0.15, 0.2) is 0 Å². The number of aliphatic hydroxyl groups is 2. The van der Waals surface area contributed by atoms with Gasteiger partial charge in [-0.25, -0.2) is 0 Å². The highest BCUT2D eigenvalue weighted by molar-refractivity contribution is 5.85. The van der Waals surface area contributed by atoms with Crippen molar-refractivity contribution in [2.75, 3.05) is 13.1 Å². The zero-order valence-electron chi connectivity index (χ0n) is 11.9. The maximum absolute atomic E-state index is 11.4. The lowest BCUT2D eigenvalue weighted by Gasteiger charge is -2.13. The first-order valence-electron chi connectivity index (χ1n) is 6.61. The SMILES string of the molecule is NC(CC(=O)O)C(=O)NCCNC(=O)CCC(O)C(O)C=O. The summed E-state index contributed by atoms with van der Waals surface area (Å²) in [6.45, 7) is 0.161. The van der Waals surface area contributed by atoms with E-state index in [1.54, 1.807) is 0 Å². The Bertz CT molecular complexity index is 402. The van der Waals surface area contributed by atoms with E-state index >= 15 is 0 Å². The van der Waals surface area contributed by atoms with E-state index in [4.69, 9.17) is 15.9 Å². The minimum absolute atomic E-state index is 0.0669. The summed E-state index contributed by atoms with van der Waals surface area (Å²) in [4.78, 5) is 43.3. The van der Waals surface area contributed by atoms with Gasteiger partial charge in [0.15, 0.2) is 6.29 Å². The van der Waals surface area contributed by atoms with E-state index in [9.17, 15) is 24.3 Å². The monoisotopic (exact) mass is 319 g/mol. The van der Waals surface area contributed by atoms with Crippen molar-refractivity contribution in [3.05, 3.63) is 0 Å². The first-order valence-corrected chi connectivity index (χ1v) is 6.61. The smallest absolute Gasteiger partial charge is 0.305 e. The van der Waals surface area contributed by atoms with E-state index in [-0.39, 0.29) is 32.2 Å². The van der Waals surface area contributed by atoms with Crippen molar-refractivity contribution < 1.29 is 34.5 Å². The zero-order chi connectivity index (χ0) is 17.1. The Balaban J connectivity index is 3.78. The van der Waals surface area contributed by atoms with Crippen LogP contribution in [0.5, 0.6) is 0 Å². The molecule has 10 heteroatoms. The van der Waals surface area contributed by atoms with Crippen LogP contribution in [-0.2, 0) is 19.2 Å². The number of hydrogen-bond donors (Lipinski definition) is 6. The molecule has 0 aliphatic carbocycles. The van der Waals surface area contributed by atoms with Gasteiger partial charge in [-0.1, -0.05) is 0 Å². The second-order valence-corrected chi connectivity index (χ2v) is 4.58. The number of amides is 2. The lowest BCUT2D eigenvalue weighted by Crippen LogP contribution is -2.44. The van der Waals surface area contributed by atoms with Gasteiger partial charge in [-0.05, 0) is 6.42 Å². The topological polar surface area (TPSA) is 179 Å². The zero-order valence-corrected chi connectivity index (χ0v) is 11.9. The lowest BCUT2D eigenvalue weighted by atomic mass is 10.1. The summed E-state index contributed by atoms with van der Waals surface area (Å²) in [5.74, 6) is -2.26. The molecule has 0 aromatic rings. The van der Waals surface area contributed by atoms with Crippen molar-refractivity contribution in [3.8, 4) is 0 Å². The third-order valence-corrected chi connectivity index (χ3v) is 2.68. The molecule has 126 valence electrons. The van der Waals surface area contributed by atoms with Gasteiger partial charge < -0.3 is 36.5 Å². The number of hydrogen-bond acceptors (Lipinski definition) is 7. The third-order valence-electron chi connectivity index (χ3n) is 2.68. The number of nitrogens with two attached hydrogens (primary N) is 1. The standard InChI is InChI=1S/C12H21N3O7/c13-7(5-11(20)21)12(22)15-4-3-14-10(19)2-1-8(17)9(18)6-16/h6-9,17-18H,1-5,13H2,(H,14,19)(H,15,22)(H,20,21). The van der Waals surface area contributed by atoms with E-state index < -0.39 is 42.5 Å². The minimum atomic E-state index is -1.53. The molecule has 0 aromatic carbocycles. The molecule has 0 heterocycles. The van der Waals surface area contributed by atoms with Crippen LogP contribution in [0.25, 0.3) is 0 Å². The van der Waals surface area contributed by atoms with Gasteiger partial charge in [-0.3, -0.25) is 14.4 Å². The maximum Gasteiger partial charge on any atom is 0.305 e. The summed E-state index contributed by atoms with van der Waals surface area (Å²) in [6, 6.07) is -1.16. The number of aldehydes is 1. The molecule has 3 unspecified atom stereocenters. The average molecular weight is 319 g/mol. The molecule has 0 fully saturated rings. The van der Waals surface area contributed by atoms with Gasteiger partial charge in [0.25, 0.3) is 0 Å². The molecule has 10 nitrogen and oxygen atoms in total. The number of aliphatic hydroxyl groups excluding tert-OH is 2. The van der Waals surface area contributed by atoms with Crippen LogP contribution in [0.1, 0.15) is 19.3 Å². The molecule has 22 heavy (non-hydrogen) atoms. The van der Waals surface area contributed by atoms with Crippen molar-refractivity contribution in [3.63, 3.8) is 0 Å². The summed E-state index contributed by atoms with van der Waals surface area (Å²) in [7, 11) is 0. The van der Waals surface area contributed by atoms with E-state index in [0.717, 1.165) is 0 Å². The van der Waals surface area contributed by atoms with Crippen LogP contribution < -0.4 is 16.4 Å². The molecule has 0 aliphatic rings. The van der Waals surface area contributed by atoms with Crippen LogP contribution in [0.4, 0.5) is 0 Å². The number of carbonyl (C=O) groups is 4. The Hall–Kier alpha value is -2.04. The molecule has 0 radical (unpaired) electrons. The van der Waals surface area contributed by atoms with Gasteiger partial charge in [0, 0.05) is 19.5 Å². The van der Waals surface area contributed by atoms with Crippen LogP contribution in [0.3, 0.4) is 0 Å². The Morgan fingerprint density at radius 3 is 2.27 bits per heavy atom. The average Bonchev–Trinajstić information content (AvgIpc) is 2.47. The third kappa shape index (κ3) is 9.00. The number of carboxylic acids is 1. The second kappa shape index (κ2) is 10.7. The molecule has 3 atom stereocenters. The largest absolute Gasteiger partial charge is 0.481 e. The molecule has 0 spiro atoms. The van der Waals surface area contributed by atoms with E-state index in [2.05, 4.69) is 10.6 Å². The molecule has 0 rings (SSSR count). The number of rotatable bonds is 11. The van der Waals surface area contributed by atoms with Gasteiger partial charge in [0.2, 0.25) is 11.8 Å². The van der Waals surface area contributed by atoms with Crippen LogP contribution >= 0.6 is 0 Å². The molecule has 7 N–H and O–H groups in total. The fourth-order valence-corrected chi connectivity index (χ4v) is 1.43. The first kappa shape index (κ1) is 20.0. The van der Waals surface area contributed by atoms with Gasteiger partial charge in [0.1, 0.15) is 6.10 Å². The van der Waals surface area contributed by atoms with Crippen molar-refractivity contribution in [1.82, 2.24) is 10.6 Å². The maximum atomic E-state index is 11.4. The summed E-state index contributed by atoms with van der Waals surface area (Å²) in [5, 5.41) is 31.5. The van der Waals surface area contributed by atoms with E-state index in [1.807, 2.05) is 0 Å². The van der Waals surface area contributed by atoms with Crippen molar-refractivity contribution in [2.45, 2.75) is 37.5 Å². The second-order valence-electron chi connectivity index (χ2n) is 4.58. The van der Waals surface area contributed by atoms with Crippen molar-refractivity contribution >= 4 is 24.1 Å². The van der Waals surface area contributed by atoms with Gasteiger partial charge in [-0.15, -0.1) is 0 Å². The van der Waals surface area contributed by atoms with Crippen LogP contribution in [0.2, 0.25) is 0 Å². The highest BCUT2D eigenvalue weighted by Gasteiger charge is 2.17. The highest BCUT2D eigenvalue weighted by atomic mass is 16.4. The fourth-order valence-electron chi connectivity index (χ4n) is 1.43.